The number of hydrogen-bond donors (Lipinski definition) is 0. The van der Waals surface area contributed by atoms with E-state index in [4.69, 9.17) is 16.4 Å². The van der Waals surface area contributed by atoms with Crippen molar-refractivity contribution in [2.45, 2.75) is 32.0 Å². The standard InChI is InChI=1S/C11H16O4/c1-5-10(6-8(2)12)15-11(13)7-9(3)14-4/h3,5,9-10H,1,6-7H2,2,4H3. The molecule has 0 aliphatic rings. The van der Waals surface area contributed by atoms with Crippen molar-refractivity contribution in [3.05, 3.63) is 19.6 Å². The minimum absolute atomic E-state index is 0.0429. The Hall–Kier alpha value is -1.16. The topological polar surface area (TPSA) is 52.6 Å². The molecule has 0 spiro atoms. The van der Waals surface area contributed by atoms with Crippen molar-refractivity contribution >= 4 is 11.8 Å². The summed E-state index contributed by atoms with van der Waals surface area (Å²) >= 11 is 0. The van der Waals surface area contributed by atoms with Crippen molar-refractivity contribution in [3.63, 3.8) is 0 Å². The second kappa shape index (κ2) is 7.17. The van der Waals surface area contributed by atoms with E-state index in [1.54, 1.807) is 0 Å². The summed E-state index contributed by atoms with van der Waals surface area (Å²) in [6.07, 6.45) is 0.243. The number of carbonyl (C=O) groups is 2. The third kappa shape index (κ3) is 6.85. The molecule has 2 radical (unpaired) electrons. The molecule has 2 atom stereocenters. The normalized spacial score (nSPS) is 14.1. The molecule has 0 heterocycles. The summed E-state index contributed by atoms with van der Waals surface area (Å²) in [6.45, 7) is 10.3. The smallest absolute Gasteiger partial charge is 0.309 e. The first-order chi connectivity index (χ1) is 6.99. The first-order valence-corrected chi connectivity index (χ1v) is 4.59. The number of Topliss-reactive ketones (excluding diaryl/α,β-unsaturated/α-hetero) is 1. The van der Waals surface area contributed by atoms with Gasteiger partial charge in [-0.2, -0.15) is 0 Å². The van der Waals surface area contributed by atoms with E-state index in [9.17, 15) is 9.59 Å². The van der Waals surface area contributed by atoms with Crippen LogP contribution in [0.25, 0.3) is 0 Å². The van der Waals surface area contributed by atoms with Crippen LogP contribution >= 0.6 is 0 Å². The van der Waals surface area contributed by atoms with Crippen molar-refractivity contribution in [1.29, 1.82) is 0 Å². The summed E-state index contributed by atoms with van der Waals surface area (Å²) in [5.74, 6) is -0.570. The molecule has 0 N–H and O–H groups in total. The largest absolute Gasteiger partial charge is 0.458 e. The van der Waals surface area contributed by atoms with E-state index < -0.39 is 18.2 Å². The first-order valence-electron chi connectivity index (χ1n) is 4.59. The maximum atomic E-state index is 11.2. The molecule has 0 rings (SSSR count). The van der Waals surface area contributed by atoms with E-state index >= 15 is 0 Å². The maximum absolute atomic E-state index is 11.2. The van der Waals surface area contributed by atoms with Crippen LogP contribution in [0.4, 0.5) is 0 Å². The lowest BCUT2D eigenvalue weighted by Gasteiger charge is -2.14. The zero-order valence-electron chi connectivity index (χ0n) is 9.06. The Morgan fingerprint density at radius 3 is 2.47 bits per heavy atom. The molecule has 84 valence electrons. The zero-order chi connectivity index (χ0) is 11.8. The number of ketones is 1. The highest BCUT2D eigenvalue weighted by atomic mass is 16.5. The number of methoxy groups -OCH3 is 1. The lowest BCUT2D eigenvalue weighted by atomic mass is 10.2. The van der Waals surface area contributed by atoms with Crippen LogP contribution in [0.2, 0.25) is 0 Å². The van der Waals surface area contributed by atoms with Crippen LogP contribution in [-0.2, 0) is 19.1 Å². The van der Waals surface area contributed by atoms with Gasteiger partial charge in [-0.1, -0.05) is 12.7 Å². The molecule has 0 saturated carbocycles. The van der Waals surface area contributed by atoms with Gasteiger partial charge in [0.05, 0.1) is 12.5 Å². The molecule has 0 fully saturated rings. The third-order valence-electron chi connectivity index (χ3n) is 1.70. The Morgan fingerprint density at radius 1 is 1.47 bits per heavy atom. The zero-order valence-corrected chi connectivity index (χ0v) is 9.06. The van der Waals surface area contributed by atoms with E-state index in [1.807, 2.05) is 0 Å². The highest BCUT2D eigenvalue weighted by Crippen LogP contribution is 2.05. The summed E-state index contributed by atoms with van der Waals surface area (Å²) in [5, 5.41) is 0. The summed E-state index contributed by atoms with van der Waals surface area (Å²) in [6, 6.07) is 0. The highest BCUT2D eigenvalue weighted by molar-refractivity contribution is 5.77. The van der Waals surface area contributed by atoms with Gasteiger partial charge in [0.15, 0.2) is 0 Å². The number of esters is 1. The van der Waals surface area contributed by atoms with Gasteiger partial charge in [-0.25, -0.2) is 0 Å². The molecule has 0 aliphatic carbocycles. The molecular formula is C11H16O4. The number of hydrogen-bond acceptors (Lipinski definition) is 4. The SMILES string of the molecule is [CH]C(CC(=O)OC(C=C)CC(C)=O)OC. The Kier molecular flexibility index (Phi) is 6.62. The average Bonchev–Trinajstić information content (AvgIpc) is 2.15. The van der Waals surface area contributed by atoms with E-state index in [1.165, 1.54) is 20.1 Å². The fraction of sp³-hybridized carbons (Fsp3) is 0.545. The van der Waals surface area contributed by atoms with Crippen LogP contribution in [0.5, 0.6) is 0 Å². The summed E-state index contributed by atoms with van der Waals surface area (Å²) in [7, 11) is 1.40. The first kappa shape index (κ1) is 13.8. The van der Waals surface area contributed by atoms with Crippen LogP contribution in [0, 0.1) is 6.92 Å². The fourth-order valence-electron chi connectivity index (χ4n) is 0.921. The lowest BCUT2D eigenvalue weighted by Crippen LogP contribution is -2.22. The Balaban J connectivity index is 4.01. The van der Waals surface area contributed by atoms with Crippen molar-refractivity contribution in [1.82, 2.24) is 0 Å². The van der Waals surface area contributed by atoms with Crippen molar-refractivity contribution in [2.75, 3.05) is 7.11 Å². The fourth-order valence-corrected chi connectivity index (χ4v) is 0.921. The minimum atomic E-state index is -0.680. The predicted octanol–water partition coefficient (Wildman–Crippen LogP) is 1.18. The van der Waals surface area contributed by atoms with Gasteiger partial charge in [0.1, 0.15) is 11.9 Å². The van der Waals surface area contributed by atoms with Gasteiger partial charge < -0.3 is 9.47 Å². The quantitative estimate of drug-likeness (QED) is 0.469. The van der Waals surface area contributed by atoms with E-state index in [0.29, 0.717) is 0 Å². The molecule has 4 heteroatoms. The van der Waals surface area contributed by atoms with Gasteiger partial charge in [0, 0.05) is 13.5 Å². The summed E-state index contributed by atoms with van der Waals surface area (Å²) in [4.78, 5) is 22.0. The molecule has 0 aromatic rings. The van der Waals surface area contributed by atoms with Crippen molar-refractivity contribution in [2.24, 2.45) is 0 Å². The second-order valence-electron chi connectivity index (χ2n) is 3.15. The Bertz CT molecular complexity index is 235. The molecule has 0 aromatic carbocycles. The molecule has 0 aliphatic heterocycles. The van der Waals surface area contributed by atoms with E-state index in [0.717, 1.165) is 0 Å². The van der Waals surface area contributed by atoms with Gasteiger partial charge in [-0.05, 0) is 13.8 Å². The van der Waals surface area contributed by atoms with E-state index in [2.05, 4.69) is 6.58 Å². The van der Waals surface area contributed by atoms with Gasteiger partial charge in [-0.15, -0.1) is 0 Å². The molecule has 0 amide bonds. The molecule has 4 nitrogen and oxygen atoms in total. The Labute approximate surface area is 90.2 Å². The monoisotopic (exact) mass is 212 g/mol. The molecule has 0 saturated heterocycles. The number of rotatable bonds is 7. The summed E-state index contributed by atoms with van der Waals surface area (Å²) in [5.41, 5.74) is 0. The lowest BCUT2D eigenvalue weighted by molar-refractivity contribution is -0.149. The molecule has 0 aromatic heterocycles. The predicted molar refractivity (Wildman–Crippen MR) is 55.1 cm³/mol. The molecular weight excluding hydrogens is 196 g/mol. The van der Waals surface area contributed by atoms with E-state index in [-0.39, 0.29) is 18.6 Å². The van der Waals surface area contributed by atoms with Crippen LogP contribution in [0.15, 0.2) is 12.7 Å². The second-order valence-corrected chi connectivity index (χ2v) is 3.15. The molecule has 2 unspecified atom stereocenters. The minimum Gasteiger partial charge on any atom is -0.458 e. The highest BCUT2D eigenvalue weighted by Gasteiger charge is 2.15. The van der Waals surface area contributed by atoms with Crippen molar-refractivity contribution in [3.8, 4) is 0 Å². The van der Waals surface area contributed by atoms with Crippen molar-refractivity contribution < 1.29 is 19.1 Å². The van der Waals surface area contributed by atoms with Gasteiger partial charge in [0.25, 0.3) is 0 Å². The number of ether oxygens (including phenoxy) is 2. The van der Waals surface area contributed by atoms with Crippen LogP contribution < -0.4 is 0 Å². The molecule has 15 heavy (non-hydrogen) atoms. The summed E-state index contributed by atoms with van der Waals surface area (Å²) < 4.78 is 9.65. The van der Waals surface area contributed by atoms with Gasteiger partial charge in [0.2, 0.25) is 0 Å². The third-order valence-corrected chi connectivity index (χ3v) is 1.70. The Morgan fingerprint density at radius 2 is 2.07 bits per heavy atom. The van der Waals surface area contributed by atoms with Crippen LogP contribution in [0.1, 0.15) is 19.8 Å². The average molecular weight is 212 g/mol. The maximum Gasteiger partial charge on any atom is 0.309 e. The van der Waals surface area contributed by atoms with Crippen LogP contribution in [0.3, 0.4) is 0 Å². The van der Waals surface area contributed by atoms with Gasteiger partial charge in [-0.3, -0.25) is 9.59 Å². The van der Waals surface area contributed by atoms with Crippen LogP contribution in [-0.4, -0.2) is 31.1 Å². The molecule has 0 bridgehead atoms. The van der Waals surface area contributed by atoms with Gasteiger partial charge >= 0.3 is 5.97 Å². The number of carbonyl (C=O) groups excluding carboxylic acids is 2.